The molecule has 0 amide bonds. The van der Waals surface area contributed by atoms with Crippen LogP contribution in [0.2, 0.25) is 0 Å². The van der Waals surface area contributed by atoms with Crippen molar-refractivity contribution in [3.05, 3.63) is 40.4 Å². The monoisotopic (exact) mass is 277 g/mol. The molecule has 0 fully saturated rings. The van der Waals surface area contributed by atoms with Crippen molar-refractivity contribution in [1.82, 2.24) is 15.3 Å². The highest BCUT2D eigenvalue weighted by molar-refractivity contribution is 5.77. The lowest BCUT2D eigenvalue weighted by molar-refractivity contribution is 0.0907. The quantitative estimate of drug-likeness (QED) is 0.608. The topological polar surface area (TPSA) is 87.2 Å². The van der Waals surface area contributed by atoms with Crippen molar-refractivity contribution in [2.75, 3.05) is 26.4 Å². The third kappa shape index (κ3) is 4.12. The van der Waals surface area contributed by atoms with Crippen LogP contribution in [-0.4, -0.2) is 41.4 Å². The number of hydrogen-bond donors (Lipinski definition) is 3. The second kappa shape index (κ2) is 7.74. The Labute approximate surface area is 116 Å². The van der Waals surface area contributed by atoms with Crippen LogP contribution in [0.15, 0.2) is 29.1 Å². The predicted molar refractivity (Wildman–Crippen MR) is 76.6 cm³/mol. The van der Waals surface area contributed by atoms with Crippen molar-refractivity contribution < 1.29 is 9.84 Å². The number of nitrogens with one attached hydrogen (secondary N) is 2. The number of aromatic amines is 1. The molecule has 0 spiro atoms. The summed E-state index contributed by atoms with van der Waals surface area (Å²) in [4.78, 5) is 19.0. The van der Waals surface area contributed by atoms with Crippen LogP contribution in [0.25, 0.3) is 10.9 Å². The molecule has 0 bridgehead atoms. The first-order chi connectivity index (χ1) is 9.81. The Bertz CT molecular complexity index is 597. The summed E-state index contributed by atoms with van der Waals surface area (Å²) < 4.78 is 5.15. The average Bonchev–Trinajstić information content (AvgIpc) is 2.46. The molecule has 20 heavy (non-hydrogen) atoms. The molecule has 0 aliphatic rings. The third-order valence-corrected chi connectivity index (χ3v) is 2.83. The van der Waals surface area contributed by atoms with E-state index in [1.165, 1.54) is 0 Å². The maximum atomic E-state index is 11.8. The van der Waals surface area contributed by atoms with E-state index in [4.69, 9.17) is 9.84 Å². The minimum Gasteiger partial charge on any atom is -0.394 e. The molecule has 2 rings (SSSR count). The number of aliphatic hydroxyl groups is 1. The zero-order chi connectivity index (χ0) is 14.2. The molecule has 0 aliphatic heterocycles. The number of hydrogen-bond acceptors (Lipinski definition) is 5. The number of para-hydroxylation sites is 1. The highest BCUT2D eigenvalue weighted by Gasteiger charge is 2.02. The molecule has 1 heterocycles. The Morgan fingerprint density at radius 2 is 2.15 bits per heavy atom. The molecule has 0 atom stereocenters. The number of benzene rings is 1. The van der Waals surface area contributed by atoms with Crippen molar-refractivity contribution in [3.8, 4) is 0 Å². The van der Waals surface area contributed by atoms with Crippen LogP contribution in [0, 0.1) is 0 Å². The fourth-order valence-corrected chi connectivity index (χ4v) is 1.89. The van der Waals surface area contributed by atoms with Crippen LogP contribution in [-0.2, 0) is 11.3 Å². The fraction of sp³-hybridized carbons (Fsp3) is 0.429. The van der Waals surface area contributed by atoms with Crippen LogP contribution in [0.1, 0.15) is 12.2 Å². The minimum atomic E-state index is -0.112. The Balaban J connectivity index is 1.83. The number of H-pyrrole nitrogens is 1. The molecule has 6 nitrogen and oxygen atoms in total. The van der Waals surface area contributed by atoms with E-state index in [0.717, 1.165) is 13.0 Å². The van der Waals surface area contributed by atoms with Gasteiger partial charge in [0.2, 0.25) is 0 Å². The Hall–Kier alpha value is -1.76. The van der Waals surface area contributed by atoms with Gasteiger partial charge in [-0.15, -0.1) is 0 Å². The number of aliphatic hydroxyl groups excluding tert-OH is 1. The summed E-state index contributed by atoms with van der Waals surface area (Å²) in [5.74, 6) is 0.630. The van der Waals surface area contributed by atoms with Gasteiger partial charge in [0.15, 0.2) is 0 Å². The number of aromatic nitrogens is 2. The average molecular weight is 277 g/mol. The van der Waals surface area contributed by atoms with Gasteiger partial charge in [-0.25, -0.2) is 4.98 Å². The van der Waals surface area contributed by atoms with Crippen molar-refractivity contribution in [2.24, 2.45) is 0 Å². The number of fused-ring (bicyclic) bond motifs is 1. The smallest absolute Gasteiger partial charge is 0.258 e. The van der Waals surface area contributed by atoms with E-state index < -0.39 is 0 Å². The SMILES string of the molecule is O=c1[nH]c(CNCCCOCCO)nc2ccccc12. The maximum absolute atomic E-state index is 11.8. The molecule has 1 aromatic carbocycles. The molecule has 3 N–H and O–H groups in total. The largest absolute Gasteiger partial charge is 0.394 e. The molecule has 1 aromatic heterocycles. The molecule has 0 saturated heterocycles. The lowest BCUT2D eigenvalue weighted by Gasteiger charge is -2.06. The highest BCUT2D eigenvalue weighted by Crippen LogP contribution is 2.05. The molecule has 0 unspecified atom stereocenters. The molecule has 2 aromatic rings. The predicted octanol–water partition coefficient (Wildman–Crippen LogP) is 0.412. The summed E-state index contributed by atoms with van der Waals surface area (Å²) in [7, 11) is 0. The van der Waals surface area contributed by atoms with Crippen LogP contribution in [0.5, 0.6) is 0 Å². The van der Waals surface area contributed by atoms with Gasteiger partial charge < -0.3 is 20.1 Å². The summed E-state index contributed by atoms with van der Waals surface area (Å²) in [6, 6.07) is 7.28. The molecule has 0 aliphatic carbocycles. The van der Waals surface area contributed by atoms with Gasteiger partial charge in [-0.2, -0.15) is 0 Å². The summed E-state index contributed by atoms with van der Waals surface area (Å²) in [6.07, 6.45) is 0.845. The van der Waals surface area contributed by atoms with Gasteiger partial charge in [0.05, 0.1) is 30.7 Å². The Kier molecular flexibility index (Phi) is 5.67. The normalized spacial score (nSPS) is 11.1. The number of rotatable bonds is 8. The molecule has 0 saturated carbocycles. The van der Waals surface area contributed by atoms with E-state index in [1.54, 1.807) is 6.07 Å². The number of nitrogens with zero attached hydrogens (tertiary/aromatic N) is 1. The van der Waals surface area contributed by atoms with Crippen LogP contribution < -0.4 is 10.9 Å². The standard InChI is InChI=1S/C14H19N3O3/c18-7-9-20-8-3-6-15-10-13-16-12-5-2-1-4-11(12)14(19)17-13/h1-2,4-5,15,18H,3,6-10H2,(H,16,17,19). The minimum absolute atomic E-state index is 0.0513. The van der Waals surface area contributed by atoms with E-state index in [-0.39, 0.29) is 12.2 Å². The summed E-state index contributed by atoms with van der Waals surface area (Å²) in [5, 5.41) is 12.3. The summed E-state index contributed by atoms with van der Waals surface area (Å²) in [5.41, 5.74) is 0.595. The zero-order valence-corrected chi connectivity index (χ0v) is 11.3. The van der Waals surface area contributed by atoms with Crippen molar-refractivity contribution in [1.29, 1.82) is 0 Å². The van der Waals surface area contributed by atoms with Gasteiger partial charge in [0.1, 0.15) is 5.82 Å². The van der Waals surface area contributed by atoms with E-state index in [9.17, 15) is 4.79 Å². The van der Waals surface area contributed by atoms with E-state index in [0.29, 0.717) is 36.5 Å². The first kappa shape index (κ1) is 14.6. The van der Waals surface area contributed by atoms with E-state index >= 15 is 0 Å². The van der Waals surface area contributed by atoms with Gasteiger partial charge >= 0.3 is 0 Å². The van der Waals surface area contributed by atoms with Gasteiger partial charge in [-0.3, -0.25) is 4.79 Å². The summed E-state index contributed by atoms with van der Waals surface area (Å²) >= 11 is 0. The molecule has 108 valence electrons. The van der Waals surface area contributed by atoms with Crippen molar-refractivity contribution in [3.63, 3.8) is 0 Å². The van der Waals surface area contributed by atoms with Gasteiger partial charge in [-0.1, -0.05) is 12.1 Å². The summed E-state index contributed by atoms with van der Waals surface area (Å²) in [6.45, 7) is 2.31. The number of ether oxygens (including phenoxy) is 1. The third-order valence-electron chi connectivity index (χ3n) is 2.83. The molecule has 0 radical (unpaired) electrons. The van der Waals surface area contributed by atoms with Gasteiger partial charge in [0.25, 0.3) is 5.56 Å². The fourth-order valence-electron chi connectivity index (χ4n) is 1.89. The second-order valence-corrected chi connectivity index (χ2v) is 4.40. The highest BCUT2D eigenvalue weighted by atomic mass is 16.5. The van der Waals surface area contributed by atoms with Gasteiger partial charge in [-0.05, 0) is 25.1 Å². The Morgan fingerprint density at radius 1 is 1.30 bits per heavy atom. The van der Waals surface area contributed by atoms with Crippen LogP contribution >= 0.6 is 0 Å². The van der Waals surface area contributed by atoms with Crippen molar-refractivity contribution >= 4 is 10.9 Å². The van der Waals surface area contributed by atoms with Crippen molar-refractivity contribution in [2.45, 2.75) is 13.0 Å². The first-order valence-electron chi connectivity index (χ1n) is 6.68. The van der Waals surface area contributed by atoms with Crippen LogP contribution in [0.3, 0.4) is 0 Å². The second-order valence-electron chi connectivity index (χ2n) is 4.40. The Morgan fingerprint density at radius 3 is 3.00 bits per heavy atom. The zero-order valence-electron chi connectivity index (χ0n) is 11.3. The maximum Gasteiger partial charge on any atom is 0.258 e. The molecule has 6 heteroatoms. The van der Waals surface area contributed by atoms with Gasteiger partial charge in [0, 0.05) is 6.61 Å². The van der Waals surface area contributed by atoms with Crippen LogP contribution in [0.4, 0.5) is 0 Å². The first-order valence-corrected chi connectivity index (χ1v) is 6.68. The molecular formula is C14H19N3O3. The van der Waals surface area contributed by atoms with E-state index in [2.05, 4.69) is 15.3 Å². The lowest BCUT2D eigenvalue weighted by atomic mass is 10.2. The lowest BCUT2D eigenvalue weighted by Crippen LogP contribution is -2.21. The van der Waals surface area contributed by atoms with E-state index in [1.807, 2.05) is 18.2 Å². The molecular weight excluding hydrogens is 258 g/mol.